The third-order valence-corrected chi connectivity index (χ3v) is 2.89. The molecule has 1 saturated carbocycles. The Kier molecular flexibility index (Phi) is 4.31. The predicted molar refractivity (Wildman–Crippen MR) is 68.4 cm³/mol. The molecular formula is C13H21N3O. The Labute approximate surface area is 103 Å². The van der Waals surface area contributed by atoms with Crippen molar-refractivity contribution < 1.29 is 4.74 Å². The van der Waals surface area contributed by atoms with Crippen LogP contribution in [0.15, 0.2) is 6.07 Å². The highest BCUT2D eigenvalue weighted by Gasteiger charge is 2.26. The third-order valence-electron chi connectivity index (χ3n) is 2.89. The smallest absolute Gasteiger partial charge is 0.131 e. The Bertz CT molecular complexity index is 364. The summed E-state index contributed by atoms with van der Waals surface area (Å²) in [4.78, 5) is 9.17. The number of hydrogen-bond acceptors (Lipinski definition) is 4. The number of aryl methyl sites for hydroxylation is 1. The maximum absolute atomic E-state index is 5.06. The van der Waals surface area contributed by atoms with Gasteiger partial charge in [-0.15, -0.1) is 0 Å². The summed E-state index contributed by atoms with van der Waals surface area (Å²) in [6, 6.07) is 2.10. The first-order valence-corrected chi connectivity index (χ1v) is 6.44. The molecule has 0 atom stereocenters. The molecule has 1 aromatic heterocycles. The van der Waals surface area contributed by atoms with Gasteiger partial charge in [-0.05, 0) is 26.2 Å². The highest BCUT2D eigenvalue weighted by Crippen LogP contribution is 2.39. The Morgan fingerprint density at radius 2 is 2.24 bits per heavy atom. The second-order valence-corrected chi connectivity index (χ2v) is 4.50. The molecule has 17 heavy (non-hydrogen) atoms. The Hall–Kier alpha value is -1.16. The van der Waals surface area contributed by atoms with E-state index in [-0.39, 0.29) is 0 Å². The van der Waals surface area contributed by atoms with Gasteiger partial charge in [-0.3, -0.25) is 0 Å². The summed E-state index contributed by atoms with van der Waals surface area (Å²) in [6.07, 6.45) is 4.43. The molecule has 0 unspecified atom stereocenters. The number of nitrogens with zero attached hydrogens (tertiary/aromatic N) is 2. The zero-order valence-electron chi connectivity index (χ0n) is 10.7. The number of methoxy groups -OCH3 is 1. The number of hydrogen-bond donors (Lipinski definition) is 1. The van der Waals surface area contributed by atoms with Crippen molar-refractivity contribution in [2.75, 3.05) is 25.6 Å². The van der Waals surface area contributed by atoms with Crippen molar-refractivity contribution >= 4 is 5.82 Å². The first-order chi connectivity index (χ1) is 8.33. The molecule has 1 aliphatic rings. The summed E-state index contributed by atoms with van der Waals surface area (Å²) in [5.74, 6) is 2.59. The van der Waals surface area contributed by atoms with Crippen LogP contribution in [0, 0.1) is 0 Å². The van der Waals surface area contributed by atoms with Crippen molar-refractivity contribution in [3.8, 4) is 0 Å². The fourth-order valence-corrected chi connectivity index (χ4v) is 1.86. The van der Waals surface area contributed by atoms with Crippen molar-refractivity contribution in [3.63, 3.8) is 0 Å². The van der Waals surface area contributed by atoms with Crippen LogP contribution in [0.4, 0.5) is 5.82 Å². The standard InChI is InChI=1S/C13H21N3O/c1-3-14-13-9-11(10-6-7-10)15-12(16-13)5-4-8-17-2/h9-10H,3-8H2,1-2H3,(H,14,15,16). The van der Waals surface area contributed by atoms with Crippen molar-refractivity contribution in [1.29, 1.82) is 0 Å². The summed E-state index contributed by atoms with van der Waals surface area (Å²) in [5.41, 5.74) is 1.21. The molecule has 0 aromatic carbocycles. The average molecular weight is 235 g/mol. The van der Waals surface area contributed by atoms with E-state index in [2.05, 4.69) is 28.3 Å². The molecule has 1 N–H and O–H groups in total. The predicted octanol–water partition coefficient (Wildman–Crippen LogP) is 2.36. The number of anilines is 1. The molecule has 0 bridgehead atoms. The van der Waals surface area contributed by atoms with Gasteiger partial charge in [0.2, 0.25) is 0 Å². The van der Waals surface area contributed by atoms with Gasteiger partial charge >= 0.3 is 0 Å². The third kappa shape index (κ3) is 3.66. The van der Waals surface area contributed by atoms with Gasteiger partial charge in [-0.25, -0.2) is 9.97 Å². The van der Waals surface area contributed by atoms with E-state index < -0.39 is 0 Å². The van der Waals surface area contributed by atoms with E-state index in [0.717, 1.165) is 37.6 Å². The van der Waals surface area contributed by atoms with Crippen molar-refractivity contribution in [3.05, 3.63) is 17.6 Å². The first-order valence-electron chi connectivity index (χ1n) is 6.44. The van der Waals surface area contributed by atoms with Gasteiger partial charge in [0.15, 0.2) is 0 Å². The van der Waals surface area contributed by atoms with Crippen molar-refractivity contribution in [2.45, 2.75) is 38.5 Å². The van der Waals surface area contributed by atoms with Crippen LogP contribution in [0.1, 0.15) is 43.6 Å². The molecule has 0 aliphatic heterocycles. The largest absolute Gasteiger partial charge is 0.385 e. The van der Waals surface area contributed by atoms with Crippen LogP contribution < -0.4 is 5.32 Å². The first kappa shape index (κ1) is 12.3. The van der Waals surface area contributed by atoms with E-state index in [1.54, 1.807) is 7.11 Å². The minimum Gasteiger partial charge on any atom is -0.385 e. The molecule has 0 spiro atoms. The van der Waals surface area contributed by atoms with E-state index in [0.29, 0.717) is 5.92 Å². The van der Waals surface area contributed by atoms with Gasteiger partial charge in [0.25, 0.3) is 0 Å². The van der Waals surface area contributed by atoms with Crippen LogP contribution >= 0.6 is 0 Å². The lowest BCUT2D eigenvalue weighted by Gasteiger charge is -2.08. The summed E-state index contributed by atoms with van der Waals surface area (Å²) in [7, 11) is 1.73. The second-order valence-electron chi connectivity index (χ2n) is 4.50. The van der Waals surface area contributed by atoms with Gasteiger partial charge in [0, 0.05) is 44.4 Å². The van der Waals surface area contributed by atoms with Crippen LogP contribution in [0.2, 0.25) is 0 Å². The molecule has 1 fully saturated rings. The monoisotopic (exact) mass is 235 g/mol. The average Bonchev–Trinajstić information content (AvgIpc) is 3.13. The van der Waals surface area contributed by atoms with Gasteiger partial charge in [-0.1, -0.05) is 0 Å². The fraction of sp³-hybridized carbons (Fsp3) is 0.692. The fourth-order valence-electron chi connectivity index (χ4n) is 1.86. The number of nitrogens with one attached hydrogen (secondary N) is 1. The van der Waals surface area contributed by atoms with Crippen molar-refractivity contribution in [1.82, 2.24) is 9.97 Å². The number of rotatable bonds is 7. The molecule has 1 heterocycles. The molecule has 1 aromatic rings. The molecular weight excluding hydrogens is 214 g/mol. The van der Waals surface area contributed by atoms with Crippen LogP contribution in [0.5, 0.6) is 0 Å². The van der Waals surface area contributed by atoms with E-state index in [1.165, 1.54) is 18.5 Å². The topological polar surface area (TPSA) is 47.0 Å². The highest BCUT2D eigenvalue weighted by atomic mass is 16.5. The maximum atomic E-state index is 5.06. The van der Waals surface area contributed by atoms with Gasteiger partial charge in [-0.2, -0.15) is 0 Å². The van der Waals surface area contributed by atoms with Crippen LogP contribution in [0.25, 0.3) is 0 Å². The highest BCUT2D eigenvalue weighted by molar-refractivity contribution is 5.38. The molecule has 4 heteroatoms. The summed E-state index contributed by atoms with van der Waals surface area (Å²) >= 11 is 0. The Morgan fingerprint density at radius 1 is 1.41 bits per heavy atom. The normalized spacial score (nSPS) is 14.9. The molecule has 94 valence electrons. The lowest BCUT2D eigenvalue weighted by molar-refractivity contribution is 0.194. The minimum absolute atomic E-state index is 0.677. The Morgan fingerprint density at radius 3 is 2.88 bits per heavy atom. The molecule has 0 saturated heterocycles. The molecule has 1 aliphatic carbocycles. The molecule has 0 amide bonds. The van der Waals surface area contributed by atoms with E-state index in [4.69, 9.17) is 4.74 Å². The van der Waals surface area contributed by atoms with E-state index in [1.807, 2.05) is 0 Å². The summed E-state index contributed by atoms with van der Waals surface area (Å²) in [6.45, 7) is 3.76. The van der Waals surface area contributed by atoms with Gasteiger partial charge in [0.05, 0.1) is 0 Å². The second kappa shape index (κ2) is 5.96. The quantitative estimate of drug-likeness (QED) is 0.737. The summed E-state index contributed by atoms with van der Waals surface area (Å²) in [5, 5.41) is 3.28. The van der Waals surface area contributed by atoms with E-state index >= 15 is 0 Å². The molecule has 2 rings (SSSR count). The SMILES string of the molecule is CCNc1cc(C2CC2)nc(CCCOC)n1. The lowest BCUT2D eigenvalue weighted by atomic mass is 10.2. The van der Waals surface area contributed by atoms with E-state index in [9.17, 15) is 0 Å². The molecule has 4 nitrogen and oxygen atoms in total. The van der Waals surface area contributed by atoms with Crippen LogP contribution in [-0.2, 0) is 11.2 Å². The zero-order valence-corrected chi connectivity index (χ0v) is 10.7. The number of aromatic nitrogens is 2. The Balaban J connectivity index is 2.06. The zero-order chi connectivity index (χ0) is 12.1. The number of ether oxygens (including phenoxy) is 1. The van der Waals surface area contributed by atoms with Crippen LogP contribution in [0.3, 0.4) is 0 Å². The minimum atomic E-state index is 0.677. The van der Waals surface area contributed by atoms with Gasteiger partial charge in [0.1, 0.15) is 11.6 Å². The maximum Gasteiger partial charge on any atom is 0.131 e. The summed E-state index contributed by atoms with van der Waals surface area (Å²) < 4.78 is 5.06. The van der Waals surface area contributed by atoms with Crippen molar-refractivity contribution in [2.24, 2.45) is 0 Å². The lowest BCUT2D eigenvalue weighted by Crippen LogP contribution is -2.06. The van der Waals surface area contributed by atoms with Crippen LogP contribution in [-0.4, -0.2) is 30.2 Å². The van der Waals surface area contributed by atoms with Gasteiger partial charge < -0.3 is 10.1 Å². The molecule has 0 radical (unpaired) electrons.